The summed E-state index contributed by atoms with van der Waals surface area (Å²) < 4.78 is 2.18. The van der Waals surface area contributed by atoms with Crippen LogP contribution >= 0.6 is 0 Å². The van der Waals surface area contributed by atoms with Gasteiger partial charge in [0.1, 0.15) is 0 Å². The lowest BCUT2D eigenvalue weighted by atomic mass is 10.2. The zero-order valence-corrected chi connectivity index (χ0v) is 12.5. The fourth-order valence-corrected chi connectivity index (χ4v) is 2.33. The molecule has 2 rings (SSSR count). The summed E-state index contributed by atoms with van der Waals surface area (Å²) in [4.78, 5) is 11.6. The first-order valence-electron chi connectivity index (χ1n) is 6.94. The van der Waals surface area contributed by atoms with Crippen molar-refractivity contribution in [3.63, 3.8) is 0 Å². The summed E-state index contributed by atoms with van der Waals surface area (Å²) in [6.07, 6.45) is 5.06. The number of hydrogen-bond donors (Lipinski definition) is 1. The Bertz CT molecular complexity index is 666. The molecule has 0 fully saturated rings. The molecule has 1 aromatic carbocycles. The van der Waals surface area contributed by atoms with Crippen molar-refractivity contribution >= 4 is 12.0 Å². The number of amides is 1. The molecular formula is C18H20N2O. The largest absolute Gasteiger partial charge is 0.349 e. The maximum Gasteiger partial charge on any atom is 0.244 e. The van der Waals surface area contributed by atoms with E-state index in [-0.39, 0.29) is 5.91 Å². The lowest BCUT2D eigenvalue weighted by molar-refractivity contribution is -0.116. The Hall–Kier alpha value is -2.55. The molecule has 2 aromatic rings. The molecule has 3 nitrogen and oxygen atoms in total. The van der Waals surface area contributed by atoms with Crippen LogP contribution in [-0.4, -0.2) is 17.0 Å². The molecule has 108 valence electrons. The molecule has 0 unspecified atom stereocenters. The molecule has 1 amide bonds. The second-order valence-electron chi connectivity index (χ2n) is 4.86. The summed E-state index contributed by atoms with van der Waals surface area (Å²) in [6, 6.07) is 12.3. The van der Waals surface area contributed by atoms with Crippen LogP contribution in [0.15, 0.2) is 55.1 Å². The molecule has 0 atom stereocenters. The van der Waals surface area contributed by atoms with Crippen LogP contribution in [0.3, 0.4) is 0 Å². The number of para-hydroxylation sites is 1. The molecule has 1 heterocycles. The first kappa shape index (κ1) is 14.9. The number of rotatable bonds is 5. The molecule has 0 spiro atoms. The second kappa shape index (κ2) is 6.75. The number of aromatic nitrogens is 1. The van der Waals surface area contributed by atoms with Gasteiger partial charge in [-0.3, -0.25) is 4.79 Å². The minimum Gasteiger partial charge on any atom is -0.349 e. The van der Waals surface area contributed by atoms with Crippen LogP contribution in [0.4, 0.5) is 0 Å². The molecule has 0 bridgehead atoms. The van der Waals surface area contributed by atoms with Crippen LogP contribution in [0.2, 0.25) is 0 Å². The topological polar surface area (TPSA) is 34.0 Å². The van der Waals surface area contributed by atoms with Crippen LogP contribution in [0.5, 0.6) is 0 Å². The fraction of sp³-hybridized carbons (Fsp3) is 0.167. The number of benzene rings is 1. The summed E-state index contributed by atoms with van der Waals surface area (Å²) in [6.45, 7) is 8.17. The summed E-state index contributed by atoms with van der Waals surface area (Å²) in [5, 5.41) is 2.72. The van der Waals surface area contributed by atoms with Gasteiger partial charge in [0, 0.05) is 29.7 Å². The molecule has 0 aliphatic heterocycles. The number of carbonyl (C=O) groups excluding carboxylic acids is 1. The fourth-order valence-electron chi connectivity index (χ4n) is 2.33. The number of nitrogens with one attached hydrogen (secondary N) is 1. The molecular weight excluding hydrogens is 260 g/mol. The van der Waals surface area contributed by atoms with Gasteiger partial charge in [-0.05, 0) is 43.7 Å². The third-order valence-corrected chi connectivity index (χ3v) is 3.32. The van der Waals surface area contributed by atoms with E-state index in [0.29, 0.717) is 6.54 Å². The maximum absolute atomic E-state index is 11.6. The standard InChI is InChI=1S/C18H20N2O/c1-4-12-19-18(21)11-10-16-13-14(2)20(15(16)3)17-8-6-5-7-9-17/h4-11,13H,1,12H2,2-3H3,(H,19,21). The Morgan fingerprint density at radius 3 is 2.67 bits per heavy atom. The number of aryl methyl sites for hydroxylation is 1. The van der Waals surface area contributed by atoms with Gasteiger partial charge in [0.25, 0.3) is 0 Å². The highest BCUT2D eigenvalue weighted by atomic mass is 16.1. The predicted octanol–water partition coefficient (Wildman–Crippen LogP) is 3.41. The van der Waals surface area contributed by atoms with Gasteiger partial charge in [-0.1, -0.05) is 24.3 Å². The lowest BCUT2D eigenvalue weighted by Crippen LogP contribution is -2.20. The van der Waals surface area contributed by atoms with E-state index in [2.05, 4.69) is 48.5 Å². The Kier molecular flexibility index (Phi) is 4.77. The van der Waals surface area contributed by atoms with Gasteiger partial charge < -0.3 is 9.88 Å². The first-order valence-corrected chi connectivity index (χ1v) is 6.94. The van der Waals surface area contributed by atoms with Gasteiger partial charge >= 0.3 is 0 Å². The van der Waals surface area contributed by atoms with Crippen molar-refractivity contribution in [3.05, 3.63) is 72.1 Å². The van der Waals surface area contributed by atoms with Gasteiger partial charge in [0.2, 0.25) is 5.91 Å². The van der Waals surface area contributed by atoms with Crippen molar-refractivity contribution in [1.29, 1.82) is 0 Å². The Morgan fingerprint density at radius 1 is 1.29 bits per heavy atom. The van der Waals surface area contributed by atoms with E-state index in [1.54, 1.807) is 12.2 Å². The third kappa shape index (κ3) is 3.51. The molecule has 1 aromatic heterocycles. The maximum atomic E-state index is 11.6. The molecule has 0 saturated heterocycles. The van der Waals surface area contributed by atoms with E-state index in [0.717, 1.165) is 22.6 Å². The minimum absolute atomic E-state index is 0.112. The summed E-state index contributed by atoms with van der Waals surface area (Å²) in [5.41, 5.74) is 4.43. The van der Waals surface area contributed by atoms with Gasteiger partial charge in [0.05, 0.1) is 0 Å². The number of nitrogens with zero attached hydrogens (tertiary/aromatic N) is 1. The van der Waals surface area contributed by atoms with E-state index in [1.165, 1.54) is 0 Å². The third-order valence-electron chi connectivity index (χ3n) is 3.32. The minimum atomic E-state index is -0.112. The molecule has 0 saturated carbocycles. The van der Waals surface area contributed by atoms with Crippen molar-refractivity contribution in [2.75, 3.05) is 6.54 Å². The Labute approximate surface area is 125 Å². The summed E-state index contributed by atoms with van der Waals surface area (Å²) >= 11 is 0. The highest BCUT2D eigenvalue weighted by molar-refractivity contribution is 5.92. The van der Waals surface area contributed by atoms with Crippen molar-refractivity contribution in [2.45, 2.75) is 13.8 Å². The molecule has 0 aliphatic carbocycles. The summed E-state index contributed by atoms with van der Waals surface area (Å²) in [5.74, 6) is -0.112. The quantitative estimate of drug-likeness (QED) is 0.661. The van der Waals surface area contributed by atoms with Crippen molar-refractivity contribution in [1.82, 2.24) is 9.88 Å². The molecule has 0 aliphatic rings. The Morgan fingerprint density at radius 2 is 2.00 bits per heavy atom. The second-order valence-corrected chi connectivity index (χ2v) is 4.86. The van der Waals surface area contributed by atoms with E-state index in [4.69, 9.17) is 0 Å². The van der Waals surface area contributed by atoms with Crippen LogP contribution in [0, 0.1) is 13.8 Å². The zero-order valence-electron chi connectivity index (χ0n) is 12.5. The van der Waals surface area contributed by atoms with E-state index in [9.17, 15) is 4.79 Å². The van der Waals surface area contributed by atoms with Crippen molar-refractivity contribution in [3.8, 4) is 5.69 Å². The molecule has 3 heteroatoms. The van der Waals surface area contributed by atoms with Gasteiger partial charge in [-0.25, -0.2) is 0 Å². The zero-order chi connectivity index (χ0) is 15.2. The highest BCUT2D eigenvalue weighted by Gasteiger charge is 2.08. The summed E-state index contributed by atoms with van der Waals surface area (Å²) in [7, 11) is 0. The van der Waals surface area contributed by atoms with E-state index in [1.807, 2.05) is 24.3 Å². The lowest BCUT2D eigenvalue weighted by Gasteiger charge is -2.09. The number of carbonyl (C=O) groups is 1. The average molecular weight is 280 g/mol. The first-order chi connectivity index (χ1) is 10.1. The van der Waals surface area contributed by atoms with E-state index < -0.39 is 0 Å². The average Bonchev–Trinajstić information content (AvgIpc) is 2.78. The molecule has 21 heavy (non-hydrogen) atoms. The molecule has 1 N–H and O–H groups in total. The Balaban J connectivity index is 2.26. The monoisotopic (exact) mass is 280 g/mol. The SMILES string of the molecule is C=CCNC(=O)C=Cc1cc(C)n(-c2ccccc2)c1C. The highest BCUT2D eigenvalue weighted by Crippen LogP contribution is 2.21. The molecule has 0 radical (unpaired) electrons. The van der Waals surface area contributed by atoms with Crippen LogP contribution in [0.1, 0.15) is 17.0 Å². The predicted molar refractivity (Wildman–Crippen MR) is 87.5 cm³/mol. The van der Waals surface area contributed by atoms with Gasteiger partial charge in [0.15, 0.2) is 0 Å². The normalized spacial score (nSPS) is 10.8. The van der Waals surface area contributed by atoms with E-state index >= 15 is 0 Å². The van der Waals surface area contributed by atoms with Crippen LogP contribution in [0.25, 0.3) is 11.8 Å². The smallest absolute Gasteiger partial charge is 0.244 e. The van der Waals surface area contributed by atoms with Crippen molar-refractivity contribution in [2.24, 2.45) is 0 Å². The van der Waals surface area contributed by atoms with Gasteiger partial charge in [-0.15, -0.1) is 6.58 Å². The van der Waals surface area contributed by atoms with Crippen LogP contribution < -0.4 is 5.32 Å². The van der Waals surface area contributed by atoms with Crippen LogP contribution in [-0.2, 0) is 4.79 Å². The van der Waals surface area contributed by atoms with Crippen molar-refractivity contribution < 1.29 is 4.79 Å². The number of hydrogen-bond acceptors (Lipinski definition) is 1. The van der Waals surface area contributed by atoms with Gasteiger partial charge in [-0.2, -0.15) is 0 Å².